The molecule has 106 valence electrons. The highest BCUT2D eigenvalue weighted by molar-refractivity contribution is 5.86. The minimum atomic E-state index is -0.0553. The van der Waals surface area contributed by atoms with Gasteiger partial charge >= 0.3 is 0 Å². The van der Waals surface area contributed by atoms with Crippen LogP contribution in [0.3, 0.4) is 0 Å². The Hall–Kier alpha value is -1.85. The largest absolute Gasteiger partial charge is 0.395 e. The smallest absolute Gasteiger partial charge is 0.257 e. The highest BCUT2D eigenvalue weighted by atomic mass is 16.3. The van der Waals surface area contributed by atoms with Crippen LogP contribution in [0.1, 0.15) is 5.56 Å². The van der Waals surface area contributed by atoms with Crippen molar-refractivity contribution in [1.82, 2.24) is 10.3 Å². The maximum Gasteiger partial charge on any atom is 0.257 e. The quantitative estimate of drug-likeness (QED) is 0.750. The molecule has 2 aromatic rings. The topological polar surface area (TPSA) is 68.4 Å². The minimum Gasteiger partial charge on any atom is -0.395 e. The van der Waals surface area contributed by atoms with Gasteiger partial charge < -0.3 is 20.3 Å². The Balaban J connectivity index is 2.04. The van der Waals surface area contributed by atoms with E-state index in [0.717, 1.165) is 35.2 Å². The normalized spacial score (nSPS) is 19.5. The SMILES string of the molecule is Cc1cccc2c(=O)[nH]c(N3CCN[C@H](CO)C3)cc12. The number of nitrogens with one attached hydrogen (secondary N) is 2. The molecule has 1 aliphatic rings. The van der Waals surface area contributed by atoms with Crippen molar-refractivity contribution in [3.8, 4) is 0 Å². The van der Waals surface area contributed by atoms with E-state index in [1.807, 2.05) is 31.2 Å². The molecule has 1 aromatic carbocycles. The van der Waals surface area contributed by atoms with E-state index in [0.29, 0.717) is 6.54 Å². The van der Waals surface area contributed by atoms with Gasteiger partial charge in [0.05, 0.1) is 6.61 Å². The number of aromatic nitrogens is 1. The lowest BCUT2D eigenvalue weighted by Crippen LogP contribution is -2.52. The maximum absolute atomic E-state index is 12.2. The lowest BCUT2D eigenvalue weighted by molar-refractivity contribution is 0.235. The van der Waals surface area contributed by atoms with Gasteiger partial charge in [-0.15, -0.1) is 0 Å². The Bertz CT molecular complexity index is 680. The number of aromatic amines is 1. The molecule has 1 saturated heterocycles. The molecule has 5 nitrogen and oxygen atoms in total. The van der Waals surface area contributed by atoms with Gasteiger partial charge in [-0.25, -0.2) is 0 Å². The van der Waals surface area contributed by atoms with E-state index in [9.17, 15) is 9.90 Å². The second kappa shape index (κ2) is 5.26. The standard InChI is InChI=1S/C15H19N3O2/c1-10-3-2-4-12-13(10)7-14(17-15(12)20)18-6-5-16-11(8-18)9-19/h2-4,7,11,16,19H,5-6,8-9H2,1H3,(H,17,20)/t11-/m0/s1. The first-order valence-corrected chi connectivity index (χ1v) is 6.91. The number of piperazine rings is 1. The molecule has 0 radical (unpaired) electrons. The van der Waals surface area contributed by atoms with Crippen LogP contribution in [0.2, 0.25) is 0 Å². The molecule has 1 fully saturated rings. The van der Waals surface area contributed by atoms with Crippen molar-refractivity contribution in [3.63, 3.8) is 0 Å². The first-order valence-electron chi connectivity index (χ1n) is 6.91. The second-order valence-electron chi connectivity index (χ2n) is 5.30. The van der Waals surface area contributed by atoms with Gasteiger partial charge in [-0.2, -0.15) is 0 Å². The van der Waals surface area contributed by atoms with Crippen molar-refractivity contribution in [2.75, 3.05) is 31.1 Å². The lowest BCUT2D eigenvalue weighted by atomic mass is 10.1. The number of hydrogen-bond donors (Lipinski definition) is 3. The first kappa shape index (κ1) is 13.1. The van der Waals surface area contributed by atoms with Gasteiger partial charge in [0.1, 0.15) is 5.82 Å². The Morgan fingerprint density at radius 2 is 2.25 bits per heavy atom. The van der Waals surface area contributed by atoms with Gasteiger partial charge in [-0.1, -0.05) is 12.1 Å². The summed E-state index contributed by atoms with van der Waals surface area (Å²) in [4.78, 5) is 17.3. The molecular formula is C15H19N3O2. The zero-order valence-corrected chi connectivity index (χ0v) is 11.5. The number of pyridine rings is 1. The van der Waals surface area contributed by atoms with Crippen LogP contribution in [0, 0.1) is 6.92 Å². The van der Waals surface area contributed by atoms with Gasteiger partial charge in [0.15, 0.2) is 0 Å². The van der Waals surface area contributed by atoms with Gasteiger partial charge in [0.2, 0.25) is 0 Å². The molecule has 5 heteroatoms. The van der Waals surface area contributed by atoms with Crippen LogP contribution in [-0.2, 0) is 0 Å². The fraction of sp³-hybridized carbons (Fsp3) is 0.400. The van der Waals surface area contributed by atoms with E-state index in [4.69, 9.17) is 0 Å². The molecule has 0 spiro atoms. The van der Waals surface area contributed by atoms with Crippen LogP contribution < -0.4 is 15.8 Å². The molecule has 0 amide bonds. The number of anilines is 1. The second-order valence-corrected chi connectivity index (χ2v) is 5.30. The maximum atomic E-state index is 12.2. The number of benzene rings is 1. The first-order chi connectivity index (χ1) is 9.69. The fourth-order valence-electron chi connectivity index (χ4n) is 2.76. The summed E-state index contributed by atoms with van der Waals surface area (Å²) in [6.45, 7) is 4.44. The summed E-state index contributed by atoms with van der Waals surface area (Å²) in [5, 5.41) is 14.2. The molecule has 2 heterocycles. The Kier molecular flexibility index (Phi) is 3.46. The number of fused-ring (bicyclic) bond motifs is 1. The molecule has 0 bridgehead atoms. The van der Waals surface area contributed by atoms with Crippen molar-refractivity contribution in [2.24, 2.45) is 0 Å². The summed E-state index contributed by atoms with van der Waals surface area (Å²) >= 11 is 0. The molecular weight excluding hydrogens is 254 g/mol. The molecule has 1 atom stereocenters. The summed E-state index contributed by atoms with van der Waals surface area (Å²) < 4.78 is 0. The summed E-state index contributed by atoms with van der Waals surface area (Å²) in [7, 11) is 0. The van der Waals surface area contributed by atoms with E-state index in [2.05, 4.69) is 15.2 Å². The number of rotatable bonds is 2. The summed E-state index contributed by atoms with van der Waals surface area (Å²) in [6.07, 6.45) is 0. The van der Waals surface area contributed by atoms with Crippen LogP contribution in [0.25, 0.3) is 10.8 Å². The highest BCUT2D eigenvalue weighted by Gasteiger charge is 2.20. The van der Waals surface area contributed by atoms with Gasteiger partial charge in [0, 0.05) is 31.1 Å². The minimum absolute atomic E-state index is 0.0553. The van der Waals surface area contributed by atoms with Crippen molar-refractivity contribution >= 4 is 16.6 Å². The number of nitrogens with zero attached hydrogens (tertiary/aromatic N) is 1. The summed E-state index contributed by atoms with van der Waals surface area (Å²) in [6, 6.07) is 7.85. The molecule has 3 N–H and O–H groups in total. The Morgan fingerprint density at radius 1 is 1.40 bits per heavy atom. The van der Waals surface area contributed by atoms with Crippen molar-refractivity contribution < 1.29 is 5.11 Å². The van der Waals surface area contributed by atoms with Crippen LogP contribution >= 0.6 is 0 Å². The van der Waals surface area contributed by atoms with E-state index in [-0.39, 0.29) is 18.2 Å². The van der Waals surface area contributed by atoms with E-state index >= 15 is 0 Å². The van der Waals surface area contributed by atoms with E-state index in [1.165, 1.54) is 0 Å². The third kappa shape index (κ3) is 2.30. The number of aryl methyl sites for hydroxylation is 1. The third-order valence-electron chi connectivity index (χ3n) is 3.91. The molecule has 0 saturated carbocycles. The number of H-pyrrole nitrogens is 1. The highest BCUT2D eigenvalue weighted by Crippen LogP contribution is 2.20. The van der Waals surface area contributed by atoms with E-state index < -0.39 is 0 Å². The third-order valence-corrected chi connectivity index (χ3v) is 3.91. The van der Waals surface area contributed by atoms with Gasteiger partial charge in [-0.05, 0) is 30.0 Å². The zero-order valence-electron chi connectivity index (χ0n) is 11.5. The van der Waals surface area contributed by atoms with Crippen LogP contribution in [0.4, 0.5) is 5.82 Å². The average molecular weight is 273 g/mol. The number of hydrogen-bond acceptors (Lipinski definition) is 4. The lowest BCUT2D eigenvalue weighted by Gasteiger charge is -2.34. The van der Waals surface area contributed by atoms with Crippen molar-refractivity contribution in [3.05, 3.63) is 40.2 Å². The molecule has 1 aromatic heterocycles. The number of aliphatic hydroxyl groups is 1. The molecule has 3 rings (SSSR count). The van der Waals surface area contributed by atoms with Crippen LogP contribution in [0.5, 0.6) is 0 Å². The average Bonchev–Trinajstić information content (AvgIpc) is 2.48. The predicted octanol–water partition coefficient (Wildman–Crippen LogP) is 0.607. The van der Waals surface area contributed by atoms with Crippen LogP contribution in [-0.4, -0.2) is 42.4 Å². The van der Waals surface area contributed by atoms with Gasteiger partial charge in [0.25, 0.3) is 5.56 Å². The Labute approximate surface area is 117 Å². The van der Waals surface area contributed by atoms with E-state index in [1.54, 1.807) is 0 Å². The molecule has 0 unspecified atom stereocenters. The van der Waals surface area contributed by atoms with Crippen molar-refractivity contribution in [1.29, 1.82) is 0 Å². The molecule has 1 aliphatic heterocycles. The Morgan fingerprint density at radius 3 is 3.05 bits per heavy atom. The summed E-state index contributed by atoms with van der Waals surface area (Å²) in [5.74, 6) is 0.830. The monoisotopic (exact) mass is 273 g/mol. The van der Waals surface area contributed by atoms with Gasteiger partial charge in [-0.3, -0.25) is 4.79 Å². The number of aliphatic hydroxyl groups excluding tert-OH is 1. The van der Waals surface area contributed by atoms with Crippen LogP contribution in [0.15, 0.2) is 29.1 Å². The van der Waals surface area contributed by atoms with Crippen molar-refractivity contribution in [2.45, 2.75) is 13.0 Å². The molecule has 0 aliphatic carbocycles. The molecule has 20 heavy (non-hydrogen) atoms. The fourth-order valence-corrected chi connectivity index (χ4v) is 2.76. The zero-order chi connectivity index (χ0) is 14.1. The summed E-state index contributed by atoms with van der Waals surface area (Å²) in [5.41, 5.74) is 1.05. The predicted molar refractivity (Wildman–Crippen MR) is 80.4 cm³/mol.